The number of hydrogen-bond donors (Lipinski definition) is 1. The Morgan fingerprint density at radius 2 is 1.94 bits per heavy atom. The second-order valence-corrected chi connectivity index (χ2v) is 4.91. The van der Waals surface area contributed by atoms with Crippen LogP contribution in [0.25, 0.3) is 0 Å². The monoisotopic (exact) mass is 234 g/mol. The second-order valence-electron chi connectivity index (χ2n) is 4.91. The van der Waals surface area contributed by atoms with E-state index >= 15 is 0 Å². The van der Waals surface area contributed by atoms with Crippen molar-refractivity contribution in [3.8, 4) is 0 Å². The van der Waals surface area contributed by atoms with Gasteiger partial charge < -0.3 is 5.11 Å². The molecule has 4 heteroatoms. The molecule has 0 saturated heterocycles. The molecular formula is C13H18N2O2. The maximum atomic E-state index is 11.5. The molecule has 0 bridgehead atoms. The van der Waals surface area contributed by atoms with Crippen LogP contribution in [-0.2, 0) is 11.2 Å². The summed E-state index contributed by atoms with van der Waals surface area (Å²) in [7, 11) is 0. The van der Waals surface area contributed by atoms with Crippen molar-refractivity contribution in [3.05, 3.63) is 23.8 Å². The zero-order valence-corrected chi connectivity index (χ0v) is 10.1. The van der Waals surface area contributed by atoms with Gasteiger partial charge in [0, 0.05) is 18.8 Å². The maximum Gasteiger partial charge on any atom is 0.310 e. The predicted octanol–water partition coefficient (Wildman–Crippen LogP) is 2.36. The first-order valence-corrected chi connectivity index (χ1v) is 6.14. The zero-order valence-electron chi connectivity index (χ0n) is 10.1. The molecular weight excluding hydrogens is 216 g/mol. The molecule has 1 fully saturated rings. The average Bonchev–Trinajstić information content (AvgIpc) is 2.33. The van der Waals surface area contributed by atoms with Gasteiger partial charge in [-0.3, -0.25) is 14.8 Å². The Kier molecular flexibility index (Phi) is 3.41. The molecule has 1 heterocycles. The van der Waals surface area contributed by atoms with Crippen molar-refractivity contribution >= 4 is 5.97 Å². The van der Waals surface area contributed by atoms with Crippen molar-refractivity contribution in [1.29, 1.82) is 0 Å². The average molecular weight is 234 g/mol. The number of nitrogens with zero attached hydrogens (tertiary/aromatic N) is 2. The summed E-state index contributed by atoms with van der Waals surface area (Å²) in [5.74, 6) is -0.678. The van der Waals surface area contributed by atoms with Gasteiger partial charge in [0.2, 0.25) is 0 Å². The Bertz CT molecular complexity index is 412. The Morgan fingerprint density at radius 1 is 1.29 bits per heavy atom. The Balaban J connectivity index is 2.24. The van der Waals surface area contributed by atoms with Crippen LogP contribution in [0, 0.1) is 12.3 Å². The van der Waals surface area contributed by atoms with Crippen LogP contribution in [0.1, 0.15) is 43.5 Å². The molecule has 1 N–H and O–H groups in total. The van der Waals surface area contributed by atoms with Crippen molar-refractivity contribution in [1.82, 2.24) is 9.97 Å². The summed E-state index contributed by atoms with van der Waals surface area (Å²) in [6.07, 6.45) is 8.48. The van der Waals surface area contributed by atoms with E-state index in [4.69, 9.17) is 0 Å². The largest absolute Gasteiger partial charge is 0.481 e. The second kappa shape index (κ2) is 4.82. The number of carboxylic acid groups (broad SMARTS) is 1. The lowest BCUT2D eigenvalue weighted by atomic mass is 9.71. The van der Waals surface area contributed by atoms with Gasteiger partial charge in [-0.15, -0.1) is 0 Å². The molecule has 0 unspecified atom stereocenters. The van der Waals surface area contributed by atoms with E-state index in [9.17, 15) is 9.90 Å². The van der Waals surface area contributed by atoms with E-state index in [-0.39, 0.29) is 0 Å². The lowest BCUT2D eigenvalue weighted by molar-refractivity contribution is -0.151. The molecule has 1 aliphatic carbocycles. The minimum absolute atomic E-state index is 0.516. The molecule has 0 atom stereocenters. The van der Waals surface area contributed by atoms with Gasteiger partial charge in [-0.1, -0.05) is 19.3 Å². The summed E-state index contributed by atoms with van der Waals surface area (Å²) in [4.78, 5) is 20.0. The highest BCUT2D eigenvalue weighted by Crippen LogP contribution is 2.39. The van der Waals surface area contributed by atoms with E-state index in [0.717, 1.165) is 43.5 Å². The standard InChI is InChI=1S/C13H18N2O2/c1-10-11(15-8-7-14-10)9-13(12(16)17)5-3-2-4-6-13/h7-8H,2-6,9H2,1H3,(H,16,17). The summed E-state index contributed by atoms with van der Waals surface area (Å²) in [5.41, 5.74) is 1.06. The van der Waals surface area contributed by atoms with Gasteiger partial charge in [0.1, 0.15) is 0 Å². The highest BCUT2D eigenvalue weighted by Gasteiger charge is 2.40. The number of carbonyl (C=O) groups is 1. The van der Waals surface area contributed by atoms with Crippen LogP contribution >= 0.6 is 0 Å². The summed E-state index contributed by atoms with van der Waals surface area (Å²) in [6, 6.07) is 0. The molecule has 1 aromatic rings. The van der Waals surface area contributed by atoms with Crippen molar-refractivity contribution in [3.63, 3.8) is 0 Å². The molecule has 0 aliphatic heterocycles. The SMILES string of the molecule is Cc1nccnc1CC1(C(=O)O)CCCCC1. The number of aryl methyl sites for hydroxylation is 1. The van der Waals surface area contributed by atoms with Crippen molar-refractivity contribution in [2.24, 2.45) is 5.41 Å². The quantitative estimate of drug-likeness (QED) is 0.872. The minimum atomic E-state index is -0.678. The summed E-state index contributed by atoms with van der Waals surface area (Å²) < 4.78 is 0. The third-order valence-electron chi connectivity index (χ3n) is 3.75. The molecule has 0 amide bonds. The van der Waals surface area contributed by atoms with E-state index in [1.807, 2.05) is 6.92 Å². The van der Waals surface area contributed by atoms with Crippen LogP contribution in [0.2, 0.25) is 0 Å². The van der Waals surface area contributed by atoms with Gasteiger partial charge in [-0.2, -0.15) is 0 Å². The zero-order chi connectivity index (χ0) is 12.3. The summed E-state index contributed by atoms with van der Waals surface area (Å²) >= 11 is 0. The highest BCUT2D eigenvalue weighted by atomic mass is 16.4. The van der Waals surface area contributed by atoms with Gasteiger partial charge in [0.15, 0.2) is 0 Å². The summed E-state index contributed by atoms with van der Waals surface area (Å²) in [5, 5.41) is 9.49. The number of rotatable bonds is 3. The predicted molar refractivity (Wildman–Crippen MR) is 63.6 cm³/mol. The fraction of sp³-hybridized carbons (Fsp3) is 0.615. The molecule has 1 aromatic heterocycles. The molecule has 2 rings (SSSR count). The number of hydrogen-bond acceptors (Lipinski definition) is 3. The third-order valence-corrected chi connectivity index (χ3v) is 3.75. The van der Waals surface area contributed by atoms with Gasteiger partial charge in [-0.05, 0) is 19.8 Å². The Morgan fingerprint density at radius 3 is 2.53 bits per heavy atom. The molecule has 17 heavy (non-hydrogen) atoms. The number of aliphatic carboxylic acids is 1. The third kappa shape index (κ3) is 2.46. The molecule has 0 aromatic carbocycles. The molecule has 0 spiro atoms. The first-order valence-electron chi connectivity index (χ1n) is 6.14. The molecule has 92 valence electrons. The maximum absolute atomic E-state index is 11.5. The Hall–Kier alpha value is -1.45. The minimum Gasteiger partial charge on any atom is -0.481 e. The lowest BCUT2D eigenvalue weighted by Gasteiger charge is -2.33. The van der Waals surface area contributed by atoms with Gasteiger partial charge in [0.05, 0.1) is 16.8 Å². The van der Waals surface area contributed by atoms with Crippen molar-refractivity contribution in [2.75, 3.05) is 0 Å². The fourth-order valence-electron chi connectivity index (χ4n) is 2.63. The smallest absolute Gasteiger partial charge is 0.310 e. The van der Waals surface area contributed by atoms with Crippen LogP contribution in [-0.4, -0.2) is 21.0 Å². The van der Waals surface area contributed by atoms with Crippen LogP contribution in [0.5, 0.6) is 0 Å². The number of carboxylic acids is 1. The van der Waals surface area contributed by atoms with Crippen LogP contribution in [0.4, 0.5) is 0 Å². The summed E-state index contributed by atoms with van der Waals surface area (Å²) in [6.45, 7) is 1.89. The van der Waals surface area contributed by atoms with E-state index in [1.54, 1.807) is 12.4 Å². The Labute approximate surface area is 101 Å². The molecule has 1 aliphatic rings. The first kappa shape index (κ1) is 12.0. The topological polar surface area (TPSA) is 63.1 Å². The molecule has 0 radical (unpaired) electrons. The van der Waals surface area contributed by atoms with Gasteiger partial charge in [0.25, 0.3) is 0 Å². The van der Waals surface area contributed by atoms with Crippen LogP contribution in [0.15, 0.2) is 12.4 Å². The van der Waals surface area contributed by atoms with E-state index in [0.29, 0.717) is 6.42 Å². The highest BCUT2D eigenvalue weighted by molar-refractivity contribution is 5.75. The van der Waals surface area contributed by atoms with E-state index in [2.05, 4.69) is 9.97 Å². The van der Waals surface area contributed by atoms with Gasteiger partial charge in [-0.25, -0.2) is 0 Å². The molecule has 4 nitrogen and oxygen atoms in total. The fourth-order valence-corrected chi connectivity index (χ4v) is 2.63. The van der Waals surface area contributed by atoms with Crippen molar-refractivity contribution < 1.29 is 9.90 Å². The lowest BCUT2D eigenvalue weighted by Crippen LogP contribution is -2.36. The first-order chi connectivity index (χ1) is 8.14. The van der Waals surface area contributed by atoms with Gasteiger partial charge >= 0.3 is 5.97 Å². The van der Waals surface area contributed by atoms with Crippen molar-refractivity contribution in [2.45, 2.75) is 45.4 Å². The number of aromatic nitrogens is 2. The van der Waals surface area contributed by atoms with Crippen LogP contribution in [0.3, 0.4) is 0 Å². The van der Waals surface area contributed by atoms with E-state index < -0.39 is 11.4 Å². The van der Waals surface area contributed by atoms with Crippen LogP contribution < -0.4 is 0 Å². The normalized spacial score (nSPS) is 18.9. The molecule has 1 saturated carbocycles. The van der Waals surface area contributed by atoms with E-state index in [1.165, 1.54) is 0 Å².